The van der Waals surface area contributed by atoms with Gasteiger partial charge in [0.1, 0.15) is 5.76 Å². The summed E-state index contributed by atoms with van der Waals surface area (Å²) < 4.78 is 9.26. The molecule has 0 fully saturated rings. The van der Waals surface area contributed by atoms with E-state index in [0.717, 1.165) is 74.0 Å². The molecular formula is C42H30N4O. The lowest BCUT2D eigenvalue weighted by molar-refractivity contribution is 0.418. The number of hydrogen-bond acceptors (Lipinski definition) is 4. The Hall–Kier alpha value is -6.07. The fourth-order valence-corrected chi connectivity index (χ4v) is 8.10. The second-order valence-corrected chi connectivity index (χ2v) is 12.4. The average Bonchev–Trinajstić information content (AvgIpc) is 3.57. The van der Waals surface area contributed by atoms with Gasteiger partial charge in [0.15, 0.2) is 5.75 Å². The minimum Gasteiger partial charge on any atom is -0.456 e. The molecule has 5 heteroatoms. The van der Waals surface area contributed by atoms with Gasteiger partial charge in [0.25, 0.3) is 0 Å². The van der Waals surface area contributed by atoms with Gasteiger partial charge in [-0.3, -0.25) is 4.98 Å². The zero-order valence-electron chi connectivity index (χ0n) is 25.6. The lowest BCUT2D eigenvalue weighted by Gasteiger charge is -2.35. The van der Waals surface area contributed by atoms with E-state index < -0.39 is 5.41 Å². The number of rotatable bonds is 3. The zero-order chi connectivity index (χ0) is 31.0. The Morgan fingerprint density at radius 1 is 0.766 bits per heavy atom. The lowest BCUT2D eigenvalue weighted by Crippen LogP contribution is -2.30. The molecule has 0 saturated heterocycles. The van der Waals surface area contributed by atoms with Gasteiger partial charge in [-0.25, -0.2) is 0 Å². The number of hydrogen-bond donors (Lipinski definition) is 2. The third kappa shape index (κ3) is 3.57. The monoisotopic (exact) mass is 606 g/mol. The van der Waals surface area contributed by atoms with Gasteiger partial charge < -0.3 is 19.9 Å². The molecule has 2 aromatic heterocycles. The number of pyridine rings is 1. The number of allylic oxidation sites excluding steroid dienone is 4. The molecule has 6 aromatic rings. The largest absolute Gasteiger partial charge is 0.456 e. The van der Waals surface area contributed by atoms with Crippen molar-refractivity contribution in [2.24, 2.45) is 0 Å². The quantitative estimate of drug-likeness (QED) is 0.214. The molecule has 224 valence electrons. The Morgan fingerprint density at radius 2 is 1.49 bits per heavy atom. The maximum atomic E-state index is 6.91. The first kappa shape index (κ1) is 26.2. The highest BCUT2D eigenvalue weighted by Gasteiger charge is 2.48. The highest BCUT2D eigenvalue weighted by molar-refractivity contribution is 6.01. The Kier molecular flexibility index (Phi) is 5.55. The van der Waals surface area contributed by atoms with Crippen LogP contribution in [0.25, 0.3) is 39.1 Å². The zero-order valence-corrected chi connectivity index (χ0v) is 25.6. The first-order valence-electron chi connectivity index (χ1n) is 16.2. The first-order valence-corrected chi connectivity index (χ1v) is 16.2. The van der Waals surface area contributed by atoms with E-state index in [-0.39, 0.29) is 0 Å². The van der Waals surface area contributed by atoms with Crippen molar-refractivity contribution in [3.05, 3.63) is 185 Å². The Morgan fingerprint density at radius 3 is 2.30 bits per heavy atom. The molecule has 0 saturated carbocycles. The van der Waals surface area contributed by atoms with Gasteiger partial charge in [-0.2, -0.15) is 0 Å². The van der Waals surface area contributed by atoms with Gasteiger partial charge >= 0.3 is 0 Å². The van der Waals surface area contributed by atoms with Gasteiger partial charge in [-0.15, -0.1) is 0 Å². The molecule has 0 unspecified atom stereocenters. The minimum atomic E-state index is -0.550. The highest BCUT2D eigenvalue weighted by Crippen LogP contribution is 2.55. The second-order valence-electron chi connectivity index (χ2n) is 12.4. The maximum absolute atomic E-state index is 6.91. The summed E-state index contributed by atoms with van der Waals surface area (Å²) >= 11 is 0. The second kappa shape index (κ2) is 9.96. The SMILES string of the molecule is C1=CC2=C(NC1)c1ncc(-n3c4c(c5ccccc53)OC3=C(C=CNC3)c3ccccc3-4)cc1C2(c1ccccc1)c1ccccc1. The number of para-hydroxylation sites is 1. The summed E-state index contributed by atoms with van der Waals surface area (Å²) in [5, 5.41) is 8.13. The third-order valence-corrected chi connectivity index (χ3v) is 10.00. The van der Waals surface area contributed by atoms with Gasteiger partial charge in [0.05, 0.1) is 46.4 Å². The highest BCUT2D eigenvalue weighted by atomic mass is 16.5. The molecule has 0 radical (unpaired) electrons. The van der Waals surface area contributed by atoms with Crippen LogP contribution in [-0.2, 0) is 5.41 Å². The van der Waals surface area contributed by atoms with Crippen LogP contribution in [0, 0.1) is 0 Å². The number of fused-ring (bicyclic) bond motifs is 8. The normalized spacial score (nSPS) is 16.7. The Bertz CT molecular complexity index is 2340. The van der Waals surface area contributed by atoms with Gasteiger partial charge in [0, 0.05) is 28.6 Å². The molecule has 0 amide bonds. The van der Waals surface area contributed by atoms with Crippen LogP contribution in [0.1, 0.15) is 27.9 Å². The fourth-order valence-electron chi connectivity index (χ4n) is 8.10. The number of dihydropyridines is 2. The standard InChI is InChI=1S/C42H30N4O/c1-3-12-27(13-4-1)42(28-14-5-2-6-15-28)34-19-11-22-44-38(34)39-35(42)24-29(25-45-39)46-36-20-10-9-18-33(36)41-40(46)32-17-8-7-16-30(32)31-21-23-43-26-37(31)47-41/h1-21,23-25,43-44H,22,26H2. The van der Waals surface area contributed by atoms with Crippen molar-refractivity contribution in [2.75, 3.05) is 13.1 Å². The Labute approximate surface area is 272 Å². The molecule has 10 rings (SSSR count). The van der Waals surface area contributed by atoms with Crippen molar-refractivity contribution in [1.82, 2.24) is 20.2 Å². The molecule has 0 spiro atoms. The molecule has 2 N–H and O–H groups in total. The summed E-state index contributed by atoms with van der Waals surface area (Å²) in [7, 11) is 0. The molecule has 1 aliphatic carbocycles. The van der Waals surface area contributed by atoms with E-state index in [2.05, 4.69) is 149 Å². The van der Waals surface area contributed by atoms with Crippen LogP contribution in [-0.4, -0.2) is 22.6 Å². The fraction of sp³-hybridized carbons (Fsp3) is 0.0714. The van der Waals surface area contributed by atoms with Crippen LogP contribution in [0.2, 0.25) is 0 Å². The Balaban J connectivity index is 1.30. The van der Waals surface area contributed by atoms with Crippen molar-refractivity contribution >= 4 is 22.2 Å². The molecule has 47 heavy (non-hydrogen) atoms. The number of nitrogens with one attached hydrogen (secondary N) is 2. The van der Waals surface area contributed by atoms with E-state index in [0.29, 0.717) is 6.54 Å². The summed E-state index contributed by atoms with van der Waals surface area (Å²) in [4.78, 5) is 5.31. The van der Waals surface area contributed by atoms with Crippen LogP contribution < -0.4 is 15.4 Å². The number of nitrogens with zero attached hydrogens (tertiary/aromatic N) is 2. The van der Waals surface area contributed by atoms with E-state index in [1.54, 1.807) is 0 Å². The predicted octanol–water partition coefficient (Wildman–Crippen LogP) is 8.13. The minimum absolute atomic E-state index is 0.550. The molecule has 4 aromatic carbocycles. The predicted molar refractivity (Wildman–Crippen MR) is 188 cm³/mol. The number of benzene rings is 4. The van der Waals surface area contributed by atoms with Crippen molar-refractivity contribution in [2.45, 2.75) is 5.41 Å². The summed E-state index contributed by atoms with van der Waals surface area (Å²) in [6, 6.07) is 41.3. The van der Waals surface area contributed by atoms with Crippen LogP contribution in [0.3, 0.4) is 0 Å². The van der Waals surface area contributed by atoms with Crippen LogP contribution in [0.4, 0.5) is 0 Å². The van der Waals surface area contributed by atoms with E-state index in [4.69, 9.17) is 9.72 Å². The van der Waals surface area contributed by atoms with Crippen LogP contribution in [0.5, 0.6) is 5.75 Å². The van der Waals surface area contributed by atoms with Gasteiger partial charge in [-0.05, 0) is 52.7 Å². The summed E-state index contributed by atoms with van der Waals surface area (Å²) in [5.74, 6) is 1.80. The smallest absolute Gasteiger partial charge is 0.161 e. The first-order chi connectivity index (χ1) is 23.3. The van der Waals surface area contributed by atoms with Crippen molar-refractivity contribution in [1.29, 1.82) is 0 Å². The van der Waals surface area contributed by atoms with Crippen LogP contribution >= 0.6 is 0 Å². The number of ether oxygens (including phenoxy) is 1. The van der Waals surface area contributed by atoms with E-state index in [1.165, 1.54) is 16.7 Å². The van der Waals surface area contributed by atoms with E-state index >= 15 is 0 Å². The summed E-state index contributed by atoms with van der Waals surface area (Å²) in [5.41, 5.74) is 12.9. The lowest BCUT2D eigenvalue weighted by atomic mass is 9.67. The summed E-state index contributed by atoms with van der Waals surface area (Å²) in [6.45, 7) is 1.40. The maximum Gasteiger partial charge on any atom is 0.161 e. The average molecular weight is 607 g/mol. The molecule has 5 nitrogen and oxygen atoms in total. The van der Waals surface area contributed by atoms with Crippen LogP contribution in [0.15, 0.2) is 157 Å². The molecule has 3 aliphatic heterocycles. The molecule has 4 aliphatic rings. The van der Waals surface area contributed by atoms with E-state index in [1.807, 2.05) is 12.4 Å². The van der Waals surface area contributed by atoms with Gasteiger partial charge in [-0.1, -0.05) is 109 Å². The third-order valence-electron chi connectivity index (χ3n) is 10.00. The van der Waals surface area contributed by atoms with Crippen molar-refractivity contribution < 1.29 is 4.74 Å². The molecule has 0 bridgehead atoms. The molecule has 5 heterocycles. The van der Waals surface area contributed by atoms with E-state index in [9.17, 15) is 0 Å². The topological polar surface area (TPSA) is 51.1 Å². The van der Waals surface area contributed by atoms with Crippen molar-refractivity contribution in [3.8, 4) is 22.7 Å². The number of aromatic nitrogens is 2. The van der Waals surface area contributed by atoms with Gasteiger partial charge in [0.2, 0.25) is 0 Å². The molecule has 0 atom stereocenters. The van der Waals surface area contributed by atoms with Crippen molar-refractivity contribution in [3.63, 3.8) is 0 Å². The summed E-state index contributed by atoms with van der Waals surface area (Å²) in [6.07, 6.45) is 10.7. The molecular weight excluding hydrogens is 576 g/mol.